The molecule has 106 valence electrons. The standard InChI is InChI=1S/C13H22N4O2/c1-4-9-10(14)11(17-16-9)12(18)15-8-5-6-19-13(2,3)7-8/h8H,4-7,14H2,1-3H3,(H,15,18)(H,16,17). The molecule has 1 fully saturated rings. The highest BCUT2D eigenvalue weighted by Crippen LogP contribution is 2.24. The molecule has 4 N–H and O–H groups in total. The highest BCUT2D eigenvalue weighted by molar-refractivity contribution is 5.97. The zero-order valence-corrected chi connectivity index (χ0v) is 11.7. The number of amides is 1. The maximum atomic E-state index is 12.2. The molecule has 1 aromatic heterocycles. The van der Waals surface area contributed by atoms with Gasteiger partial charge in [0.25, 0.3) is 5.91 Å². The third-order valence-electron chi connectivity index (χ3n) is 3.48. The topological polar surface area (TPSA) is 93.0 Å². The van der Waals surface area contributed by atoms with Gasteiger partial charge < -0.3 is 15.8 Å². The number of carbonyl (C=O) groups is 1. The van der Waals surface area contributed by atoms with Crippen molar-refractivity contribution in [1.29, 1.82) is 0 Å². The van der Waals surface area contributed by atoms with Gasteiger partial charge in [0.15, 0.2) is 5.69 Å². The third kappa shape index (κ3) is 3.07. The van der Waals surface area contributed by atoms with Crippen LogP contribution in [0, 0.1) is 0 Å². The van der Waals surface area contributed by atoms with E-state index < -0.39 is 0 Å². The van der Waals surface area contributed by atoms with Crippen LogP contribution in [0.3, 0.4) is 0 Å². The lowest BCUT2D eigenvalue weighted by atomic mass is 9.94. The van der Waals surface area contributed by atoms with Gasteiger partial charge in [-0.05, 0) is 33.1 Å². The van der Waals surface area contributed by atoms with Crippen LogP contribution in [0.25, 0.3) is 0 Å². The van der Waals surface area contributed by atoms with Gasteiger partial charge >= 0.3 is 0 Å². The average molecular weight is 266 g/mol. The van der Waals surface area contributed by atoms with Gasteiger partial charge in [-0.15, -0.1) is 0 Å². The Labute approximate surface area is 113 Å². The first kappa shape index (κ1) is 13.9. The summed E-state index contributed by atoms with van der Waals surface area (Å²) in [4.78, 5) is 12.2. The number of rotatable bonds is 3. The Hall–Kier alpha value is -1.56. The first-order valence-electron chi connectivity index (χ1n) is 6.70. The molecule has 2 rings (SSSR count). The number of aryl methyl sites for hydroxylation is 1. The fraction of sp³-hybridized carbons (Fsp3) is 0.692. The normalized spacial score (nSPS) is 22.2. The smallest absolute Gasteiger partial charge is 0.274 e. The number of nitrogens with one attached hydrogen (secondary N) is 2. The fourth-order valence-corrected chi connectivity index (χ4v) is 2.44. The molecule has 2 heterocycles. The predicted octanol–water partition coefficient (Wildman–Crippen LogP) is 1.24. The van der Waals surface area contributed by atoms with Gasteiger partial charge in [0.05, 0.1) is 17.0 Å². The predicted molar refractivity (Wildman–Crippen MR) is 72.9 cm³/mol. The van der Waals surface area contributed by atoms with Gasteiger partial charge in [-0.2, -0.15) is 5.10 Å². The lowest BCUT2D eigenvalue weighted by Crippen LogP contribution is -2.46. The number of anilines is 1. The molecule has 0 bridgehead atoms. The molecule has 19 heavy (non-hydrogen) atoms. The summed E-state index contributed by atoms with van der Waals surface area (Å²) in [6.07, 6.45) is 2.35. The van der Waals surface area contributed by atoms with E-state index in [4.69, 9.17) is 10.5 Å². The summed E-state index contributed by atoms with van der Waals surface area (Å²) in [5.41, 5.74) is 7.25. The summed E-state index contributed by atoms with van der Waals surface area (Å²) < 4.78 is 5.63. The number of aromatic amines is 1. The van der Waals surface area contributed by atoms with Gasteiger partial charge in [0.2, 0.25) is 0 Å². The van der Waals surface area contributed by atoms with Crippen molar-refractivity contribution in [2.45, 2.75) is 51.7 Å². The third-order valence-corrected chi connectivity index (χ3v) is 3.48. The minimum atomic E-state index is -0.212. The molecule has 1 amide bonds. The minimum Gasteiger partial charge on any atom is -0.395 e. The van der Waals surface area contributed by atoms with Crippen LogP contribution in [-0.2, 0) is 11.2 Å². The number of ether oxygens (including phenoxy) is 1. The molecule has 1 unspecified atom stereocenters. The molecule has 6 nitrogen and oxygen atoms in total. The Morgan fingerprint density at radius 3 is 2.95 bits per heavy atom. The SMILES string of the molecule is CCc1[nH]nc(C(=O)NC2CCOC(C)(C)C2)c1N. The maximum absolute atomic E-state index is 12.2. The first-order valence-corrected chi connectivity index (χ1v) is 6.70. The van der Waals surface area contributed by atoms with Gasteiger partial charge in [-0.3, -0.25) is 9.89 Å². The quantitative estimate of drug-likeness (QED) is 0.767. The summed E-state index contributed by atoms with van der Waals surface area (Å²) in [6.45, 7) is 6.69. The highest BCUT2D eigenvalue weighted by Gasteiger charge is 2.30. The second kappa shape index (κ2) is 5.21. The summed E-state index contributed by atoms with van der Waals surface area (Å²) >= 11 is 0. The van der Waals surface area contributed by atoms with Crippen molar-refractivity contribution in [3.05, 3.63) is 11.4 Å². The molecule has 0 saturated carbocycles. The number of H-pyrrole nitrogens is 1. The van der Waals surface area contributed by atoms with Gasteiger partial charge in [0, 0.05) is 12.6 Å². The van der Waals surface area contributed by atoms with Crippen LogP contribution < -0.4 is 11.1 Å². The average Bonchev–Trinajstić information content (AvgIpc) is 2.69. The van der Waals surface area contributed by atoms with E-state index in [1.54, 1.807) is 0 Å². The monoisotopic (exact) mass is 266 g/mol. The molecule has 1 atom stereocenters. The van der Waals surface area contributed by atoms with Crippen LogP contribution in [0.2, 0.25) is 0 Å². The van der Waals surface area contributed by atoms with E-state index in [1.165, 1.54) is 0 Å². The molecule has 1 aliphatic heterocycles. The summed E-state index contributed by atoms with van der Waals surface area (Å²) in [6, 6.07) is 0.109. The minimum absolute atomic E-state index is 0.109. The molecular weight excluding hydrogens is 244 g/mol. The van der Waals surface area contributed by atoms with Gasteiger partial charge in [0.1, 0.15) is 0 Å². The number of nitrogens with zero attached hydrogens (tertiary/aromatic N) is 1. The van der Waals surface area contributed by atoms with Crippen molar-refractivity contribution in [1.82, 2.24) is 15.5 Å². The summed E-state index contributed by atoms with van der Waals surface area (Å²) in [5.74, 6) is -0.212. The number of nitrogens with two attached hydrogens (primary N) is 1. The van der Waals surface area contributed by atoms with Gasteiger partial charge in [-0.25, -0.2) is 0 Å². The van der Waals surface area contributed by atoms with Crippen LogP contribution in [0.5, 0.6) is 0 Å². The van der Waals surface area contributed by atoms with Crippen molar-refractivity contribution >= 4 is 11.6 Å². The Bertz CT molecular complexity index is 467. The zero-order valence-electron chi connectivity index (χ0n) is 11.7. The molecular formula is C13H22N4O2. The second-order valence-electron chi connectivity index (χ2n) is 5.59. The molecule has 1 aliphatic rings. The number of hydrogen-bond donors (Lipinski definition) is 3. The Morgan fingerprint density at radius 1 is 1.63 bits per heavy atom. The number of carbonyl (C=O) groups excluding carboxylic acids is 1. The second-order valence-corrected chi connectivity index (χ2v) is 5.59. The van der Waals surface area contributed by atoms with Crippen LogP contribution in [-0.4, -0.2) is 34.4 Å². The van der Waals surface area contributed by atoms with Crippen molar-refractivity contribution < 1.29 is 9.53 Å². The van der Waals surface area contributed by atoms with Crippen LogP contribution in [0.1, 0.15) is 49.8 Å². The molecule has 6 heteroatoms. The van der Waals surface area contributed by atoms with Crippen LogP contribution in [0.4, 0.5) is 5.69 Å². The molecule has 1 saturated heterocycles. The van der Waals surface area contributed by atoms with E-state index >= 15 is 0 Å². The summed E-state index contributed by atoms with van der Waals surface area (Å²) in [7, 11) is 0. The van der Waals surface area contributed by atoms with Crippen molar-refractivity contribution in [2.24, 2.45) is 0 Å². The molecule has 0 radical (unpaired) electrons. The largest absolute Gasteiger partial charge is 0.395 e. The summed E-state index contributed by atoms with van der Waals surface area (Å²) in [5, 5.41) is 9.78. The Kier molecular flexibility index (Phi) is 3.80. The van der Waals surface area contributed by atoms with Gasteiger partial charge in [-0.1, -0.05) is 6.92 Å². The number of aromatic nitrogens is 2. The fourth-order valence-electron chi connectivity index (χ4n) is 2.44. The van der Waals surface area contributed by atoms with Crippen LogP contribution >= 0.6 is 0 Å². The number of hydrogen-bond acceptors (Lipinski definition) is 4. The highest BCUT2D eigenvalue weighted by atomic mass is 16.5. The van der Waals surface area contributed by atoms with Crippen molar-refractivity contribution in [3.8, 4) is 0 Å². The number of nitrogen functional groups attached to an aromatic ring is 1. The van der Waals surface area contributed by atoms with Crippen molar-refractivity contribution in [2.75, 3.05) is 12.3 Å². The van der Waals surface area contributed by atoms with E-state index in [0.717, 1.165) is 25.0 Å². The molecule has 1 aromatic rings. The van der Waals surface area contributed by atoms with E-state index in [9.17, 15) is 4.79 Å². The van der Waals surface area contributed by atoms with Crippen LogP contribution in [0.15, 0.2) is 0 Å². The zero-order chi connectivity index (χ0) is 14.0. The maximum Gasteiger partial charge on any atom is 0.274 e. The molecule has 0 aromatic carbocycles. The first-order chi connectivity index (χ1) is 8.93. The van der Waals surface area contributed by atoms with E-state index in [1.807, 2.05) is 20.8 Å². The molecule has 0 aliphatic carbocycles. The Balaban J connectivity index is 2.02. The van der Waals surface area contributed by atoms with E-state index in [0.29, 0.717) is 18.0 Å². The van der Waals surface area contributed by atoms with Crippen molar-refractivity contribution in [3.63, 3.8) is 0 Å². The lowest BCUT2D eigenvalue weighted by Gasteiger charge is -2.35. The Morgan fingerprint density at radius 2 is 2.37 bits per heavy atom. The molecule has 0 spiro atoms. The van der Waals surface area contributed by atoms with E-state index in [-0.39, 0.29) is 17.6 Å². The van der Waals surface area contributed by atoms with E-state index in [2.05, 4.69) is 15.5 Å². The lowest BCUT2D eigenvalue weighted by molar-refractivity contribution is -0.0615.